The van der Waals surface area contributed by atoms with E-state index in [-0.39, 0.29) is 5.97 Å². The molecule has 20 heavy (non-hydrogen) atoms. The van der Waals surface area contributed by atoms with E-state index in [9.17, 15) is 4.79 Å². The number of nitrogens with zero attached hydrogens (tertiary/aromatic N) is 1. The van der Waals surface area contributed by atoms with Gasteiger partial charge in [-0.05, 0) is 50.1 Å². The number of fused-ring (bicyclic) bond motifs is 1. The standard InChI is InChI=1S/C16H19NO3/c1-4-20-13-6-7-15-14(10-13)12(9-11(2)17-15)5-8-16(18)19-3/h6-7,9-10H,4-5,8H2,1-3H3. The van der Waals surface area contributed by atoms with Crippen LogP contribution in [-0.4, -0.2) is 24.7 Å². The summed E-state index contributed by atoms with van der Waals surface area (Å²) in [5.74, 6) is 0.624. The molecule has 1 heterocycles. The molecule has 0 fully saturated rings. The Morgan fingerprint density at radius 1 is 1.30 bits per heavy atom. The Morgan fingerprint density at radius 3 is 2.80 bits per heavy atom. The second-order valence-electron chi connectivity index (χ2n) is 4.61. The van der Waals surface area contributed by atoms with E-state index < -0.39 is 0 Å². The van der Waals surface area contributed by atoms with Crippen molar-refractivity contribution in [2.75, 3.05) is 13.7 Å². The molecule has 0 radical (unpaired) electrons. The summed E-state index contributed by atoms with van der Waals surface area (Å²) in [6, 6.07) is 7.87. The Morgan fingerprint density at radius 2 is 2.10 bits per heavy atom. The van der Waals surface area contributed by atoms with Gasteiger partial charge in [0.2, 0.25) is 0 Å². The molecule has 0 atom stereocenters. The second kappa shape index (κ2) is 6.37. The molecule has 0 saturated heterocycles. The zero-order valence-electron chi connectivity index (χ0n) is 12.1. The van der Waals surface area contributed by atoms with Crippen molar-refractivity contribution in [3.8, 4) is 5.75 Å². The van der Waals surface area contributed by atoms with E-state index in [0.29, 0.717) is 19.4 Å². The van der Waals surface area contributed by atoms with Gasteiger partial charge in [0.25, 0.3) is 0 Å². The molecule has 4 heteroatoms. The third-order valence-corrected chi connectivity index (χ3v) is 3.13. The monoisotopic (exact) mass is 273 g/mol. The maximum atomic E-state index is 11.3. The van der Waals surface area contributed by atoms with Crippen LogP contribution in [0.3, 0.4) is 0 Å². The zero-order valence-corrected chi connectivity index (χ0v) is 12.1. The zero-order chi connectivity index (χ0) is 14.5. The number of carbonyl (C=O) groups is 1. The van der Waals surface area contributed by atoms with Crippen molar-refractivity contribution >= 4 is 16.9 Å². The lowest BCUT2D eigenvalue weighted by molar-refractivity contribution is -0.140. The van der Waals surface area contributed by atoms with Crippen LogP contribution in [0.5, 0.6) is 5.75 Å². The number of pyridine rings is 1. The number of ether oxygens (including phenoxy) is 2. The first-order valence-corrected chi connectivity index (χ1v) is 6.74. The largest absolute Gasteiger partial charge is 0.494 e. The van der Waals surface area contributed by atoms with E-state index in [2.05, 4.69) is 4.98 Å². The van der Waals surface area contributed by atoms with Crippen LogP contribution in [0.15, 0.2) is 24.3 Å². The molecule has 0 aliphatic carbocycles. The Bertz CT molecular complexity index is 622. The van der Waals surface area contributed by atoms with Crippen LogP contribution >= 0.6 is 0 Å². The molecule has 1 aromatic carbocycles. The minimum Gasteiger partial charge on any atom is -0.494 e. The van der Waals surface area contributed by atoms with Crippen LogP contribution in [0.25, 0.3) is 10.9 Å². The highest BCUT2D eigenvalue weighted by molar-refractivity contribution is 5.84. The molecule has 1 aromatic heterocycles. The molecule has 2 aromatic rings. The van der Waals surface area contributed by atoms with Crippen LogP contribution in [0.1, 0.15) is 24.6 Å². The van der Waals surface area contributed by atoms with Crippen molar-refractivity contribution < 1.29 is 14.3 Å². The summed E-state index contributed by atoms with van der Waals surface area (Å²) >= 11 is 0. The third-order valence-electron chi connectivity index (χ3n) is 3.13. The van der Waals surface area contributed by atoms with Crippen LogP contribution in [0.4, 0.5) is 0 Å². The fourth-order valence-corrected chi connectivity index (χ4v) is 2.22. The van der Waals surface area contributed by atoms with E-state index in [1.165, 1.54) is 7.11 Å². The number of hydrogen-bond acceptors (Lipinski definition) is 4. The van der Waals surface area contributed by atoms with E-state index in [1.54, 1.807) is 0 Å². The Balaban J connectivity index is 2.39. The van der Waals surface area contributed by atoms with Crippen LogP contribution in [-0.2, 0) is 16.0 Å². The predicted octanol–water partition coefficient (Wildman–Crippen LogP) is 3.05. The number of esters is 1. The number of rotatable bonds is 5. The highest BCUT2D eigenvalue weighted by atomic mass is 16.5. The van der Waals surface area contributed by atoms with Gasteiger partial charge in [0, 0.05) is 17.5 Å². The molecule has 2 rings (SSSR count). The molecule has 0 aliphatic rings. The summed E-state index contributed by atoms with van der Waals surface area (Å²) in [7, 11) is 1.41. The fourth-order valence-electron chi connectivity index (χ4n) is 2.22. The summed E-state index contributed by atoms with van der Waals surface area (Å²) in [5, 5.41) is 1.03. The quantitative estimate of drug-likeness (QED) is 0.786. The first-order chi connectivity index (χ1) is 9.63. The highest BCUT2D eigenvalue weighted by Crippen LogP contribution is 2.24. The first-order valence-electron chi connectivity index (χ1n) is 6.74. The van der Waals surface area contributed by atoms with Crippen molar-refractivity contribution in [1.29, 1.82) is 0 Å². The SMILES string of the molecule is CCOc1ccc2nc(C)cc(CCC(=O)OC)c2c1. The number of carbonyl (C=O) groups excluding carboxylic acids is 1. The third kappa shape index (κ3) is 3.26. The minimum atomic E-state index is -0.200. The van der Waals surface area contributed by atoms with E-state index in [1.807, 2.05) is 38.1 Å². The average Bonchev–Trinajstić information content (AvgIpc) is 2.45. The smallest absolute Gasteiger partial charge is 0.305 e. The number of benzene rings is 1. The summed E-state index contributed by atoms with van der Waals surface area (Å²) in [5.41, 5.74) is 2.97. The Kier molecular flexibility index (Phi) is 4.56. The van der Waals surface area contributed by atoms with Gasteiger partial charge in [-0.3, -0.25) is 9.78 Å². The first kappa shape index (κ1) is 14.3. The van der Waals surface area contributed by atoms with E-state index >= 15 is 0 Å². The molecule has 0 amide bonds. The summed E-state index contributed by atoms with van der Waals surface area (Å²) in [6.45, 7) is 4.54. The minimum absolute atomic E-state index is 0.200. The van der Waals surface area contributed by atoms with Crippen molar-refractivity contribution in [1.82, 2.24) is 4.98 Å². The van der Waals surface area contributed by atoms with Crippen molar-refractivity contribution in [2.24, 2.45) is 0 Å². The number of hydrogen-bond donors (Lipinski definition) is 0. The lowest BCUT2D eigenvalue weighted by Gasteiger charge is -2.10. The topological polar surface area (TPSA) is 48.4 Å². The van der Waals surface area contributed by atoms with Gasteiger partial charge in [-0.15, -0.1) is 0 Å². The summed E-state index contributed by atoms with van der Waals surface area (Å²) < 4.78 is 10.2. The molecule has 0 saturated carbocycles. The van der Waals surface area contributed by atoms with Crippen LogP contribution in [0.2, 0.25) is 0 Å². The maximum Gasteiger partial charge on any atom is 0.305 e. The van der Waals surface area contributed by atoms with Crippen molar-refractivity contribution in [3.63, 3.8) is 0 Å². The lowest BCUT2D eigenvalue weighted by atomic mass is 10.0. The summed E-state index contributed by atoms with van der Waals surface area (Å²) in [4.78, 5) is 15.8. The maximum absolute atomic E-state index is 11.3. The number of aryl methyl sites for hydroxylation is 2. The van der Waals surface area contributed by atoms with Gasteiger partial charge in [-0.2, -0.15) is 0 Å². The molecular weight excluding hydrogens is 254 g/mol. The highest BCUT2D eigenvalue weighted by Gasteiger charge is 2.08. The van der Waals surface area contributed by atoms with Gasteiger partial charge in [-0.25, -0.2) is 0 Å². The molecule has 0 unspecified atom stereocenters. The van der Waals surface area contributed by atoms with Gasteiger partial charge in [0.1, 0.15) is 5.75 Å². The molecule has 0 bridgehead atoms. The van der Waals surface area contributed by atoms with Crippen LogP contribution < -0.4 is 4.74 Å². The Hall–Kier alpha value is -2.10. The Labute approximate surface area is 118 Å². The molecule has 106 valence electrons. The van der Waals surface area contributed by atoms with Crippen molar-refractivity contribution in [2.45, 2.75) is 26.7 Å². The van der Waals surface area contributed by atoms with Crippen LogP contribution in [0, 0.1) is 6.92 Å². The second-order valence-corrected chi connectivity index (χ2v) is 4.61. The van der Waals surface area contributed by atoms with E-state index in [0.717, 1.165) is 27.9 Å². The van der Waals surface area contributed by atoms with Crippen molar-refractivity contribution in [3.05, 3.63) is 35.5 Å². The molecule has 4 nitrogen and oxygen atoms in total. The van der Waals surface area contributed by atoms with E-state index in [4.69, 9.17) is 9.47 Å². The normalized spacial score (nSPS) is 10.6. The van der Waals surface area contributed by atoms with Gasteiger partial charge in [0.05, 0.1) is 19.2 Å². The lowest BCUT2D eigenvalue weighted by Crippen LogP contribution is -2.03. The number of aromatic nitrogens is 1. The van der Waals surface area contributed by atoms with Gasteiger partial charge < -0.3 is 9.47 Å². The molecular formula is C16H19NO3. The van der Waals surface area contributed by atoms with Gasteiger partial charge in [0.15, 0.2) is 0 Å². The number of methoxy groups -OCH3 is 1. The predicted molar refractivity (Wildman–Crippen MR) is 78.0 cm³/mol. The molecule has 0 aliphatic heterocycles. The van der Waals surface area contributed by atoms with Gasteiger partial charge in [-0.1, -0.05) is 0 Å². The average molecular weight is 273 g/mol. The van der Waals surface area contributed by atoms with Gasteiger partial charge >= 0.3 is 5.97 Å². The summed E-state index contributed by atoms with van der Waals surface area (Å²) in [6.07, 6.45) is 1.01. The molecule has 0 spiro atoms. The molecule has 0 N–H and O–H groups in total. The fraction of sp³-hybridized carbons (Fsp3) is 0.375.